The Hall–Kier alpha value is -3.54. The highest BCUT2D eigenvalue weighted by molar-refractivity contribution is 5.95. The van der Waals surface area contributed by atoms with E-state index < -0.39 is 5.69 Å². The van der Waals surface area contributed by atoms with Crippen LogP contribution in [-0.2, 0) is 14.1 Å². The van der Waals surface area contributed by atoms with Gasteiger partial charge in [-0.1, -0.05) is 36.4 Å². The lowest BCUT2D eigenvalue weighted by molar-refractivity contribution is 0.472. The van der Waals surface area contributed by atoms with E-state index in [4.69, 9.17) is 0 Å². The molecule has 0 saturated heterocycles. The molecule has 0 bridgehead atoms. The molecule has 0 radical (unpaired) electrons. The maximum absolute atomic E-state index is 13.0. The molecule has 4 rings (SSSR count). The lowest BCUT2D eigenvalue weighted by atomic mass is 10.0. The fraction of sp³-hybridized carbons (Fsp3) is 0.143. The number of nitrogens with zero attached hydrogens (tertiary/aromatic N) is 3. The van der Waals surface area contributed by atoms with Crippen molar-refractivity contribution in [2.24, 2.45) is 14.1 Å². The number of aryl methyl sites for hydroxylation is 2. The van der Waals surface area contributed by atoms with Crippen LogP contribution in [0.4, 0.5) is 0 Å². The van der Waals surface area contributed by atoms with Gasteiger partial charge in [-0.3, -0.25) is 13.9 Å². The largest absolute Gasteiger partial charge is 0.506 e. The molecule has 0 atom stereocenters. The number of hydrogen-bond donors (Lipinski definition) is 1. The Morgan fingerprint density at radius 3 is 2.26 bits per heavy atom. The summed E-state index contributed by atoms with van der Waals surface area (Å²) in [6.45, 7) is 1.97. The first-order valence-electron chi connectivity index (χ1n) is 8.57. The second-order valence-corrected chi connectivity index (χ2v) is 6.62. The standard InChI is InChI=1S/C21H19N3O3/c1-13-8-4-5-9-14(13)19-18-16(22(2)21(27)23(3)20(18)26)12-24(19)15-10-6-7-11-17(15)25/h4-12,25H,1-3H3. The monoisotopic (exact) mass is 361 g/mol. The molecule has 0 amide bonds. The van der Waals surface area contributed by atoms with Crippen LogP contribution >= 0.6 is 0 Å². The average Bonchev–Trinajstić information content (AvgIpc) is 3.05. The van der Waals surface area contributed by atoms with Gasteiger partial charge in [0.2, 0.25) is 0 Å². The van der Waals surface area contributed by atoms with E-state index in [2.05, 4.69) is 0 Å². The number of aromatic nitrogens is 3. The number of hydrogen-bond acceptors (Lipinski definition) is 3. The lowest BCUT2D eigenvalue weighted by Gasteiger charge is -2.13. The van der Waals surface area contributed by atoms with Gasteiger partial charge in [-0.25, -0.2) is 4.79 Å². The van der Waals surface area contributed by atoms with Crippen molar-refractivity contribution >= 4 is 10.9 Å². The predicted molar refractivity (Wildman–Crippen MR) is 106 cm³/mol. The zero-order chi connectivity index (χ0) is 19.3. The van der Waals surface area contributed by atoms with Gasteiger partial charge in [-0.2, -0.15) is 0 Å². The molecule has 4 aromatic rings. The zero-order valence-electron chi connectivity index (χ0n) is 15.3. The van der Waals surface area contributed by atoms with Crippen molar-refractivity contribution in [3.8, 4) is 22.7 Å². The molecule has 136 valence electrons. The van der Waals surface area contributed by atoms with Crippen LogP contribution in [0.1, 0.15) is 5.56 Å². The van der Waals surface area contributed by atoms with Gasteiger partial charge >= 0.3 is 5.69 Å². The molecule has 0 fully saturated rings. The highest BCUT2D eigenvalue weighted by Crippen LogP contribution is 2.35. The molecular formula is C21H19N3O3. The van der Waals surface area contributed by atoms with E-state index in [1.165, 1.54) is 11.6 Å². The Morgan fingerprint density at radius 2 is 1.56 bits per heavy atom. The minimum Gasteiger partial charge on any atom is -0.506 e. The molecular weight excluding hydrogens is 342 g/mol. The van der Waals surface area contributed by atoms with E-state index in [1.54, 1.807) is 36.0 Å². The van der Waals surface area contributed by atoms with Gasteiger partial charge < -0.3 is 9.67 Å². The molecule has 0 unspecified atom stereocenters. The van der Waals surface area contributed by atoms with E-state index in [0.29, 0.717) is 22.3 Å². The molecule has 6 nitrogen and oxygen atoms in total. The lowest BCUT2D eigenvalue weighted by Crippen LogP contribution is -2.36. The zero-order valence-corrected chi connectivity index (χ0v) is 15.3. The third kappa shape index (κ3) is 2.41. The first-order valence-corrected chi connectivity index (χ1v) is 8.57. The molecule has 6 heteroatoms. The van der Waals surface area contributed by atoms with Crippen LogP contribution in [0.3, 0.4) is 0 Å². The second kappa shape index (κ2) is 6.02. The smallest absolute Gasteiger partial charge is 0.330 e. The van der Waals surface area contributed by atoms with Gasteiger partial charge in [0.15, 0.2) is 0 Å². The summed E-state index contributed by atoms with van der Waals surface area (Å²) < 4.78 is 4.34. The van der Waals surface area contributed by atoms with Gasteiger partial charge in [-0.15, -0.1) is 0 Å². The van der Waals surface area contributed by atoms with E-state index in [0.717, 1.165) is 15.7 Å². The molecule has 2 heterocycles. The summed E-state index contributed by atoms with van der Waals surface area (Å²) in [4.78, 5) is 25.4. The molecule has 0 spiro atoms. The summed E-state index contributed by atoms with van der Waals surface area (Å²) in [6.07, 6.45) is 1.73. The van der Waals surface area contributed by atoms with Gasteiger partial charge in [0, 0.05) is 25.9 Å². The van der Waals surface area contributed by atoms with E-state index in [-0.39, 0.29) is 11.3 Å². The Bertz CT molecular complexity index is 1310. The SMILES string of the molecule is Cc1ccccc1-c1c2c(=O)n(C)c(=O)n(C)c2cn1-c1ccccc1O. The van der Waals surface area contributed by atoms with Crippen molar-refractivity contribution in [2.75, 3.05) is 0 Å². The second-order valence-electron chi connectivity index (χ2n) is 6.62. The minimum atomic E-state index is -0.390. The Balaban J connectivity index is 2.28. The number of phenols is 1. The fourth-order valence-electron chi connectivity index (χ4n) is 3.50. The summed E-state index contributed by atoms with van der Waals surface area (Å²) in [5.74, 6) is 0.0921. The summed E-state index contributed by atoms with van der Waals surface area (Å²) in [6, 6.07) is 14.7. The fourth-order valence-corrected chi connectivity index (χ4v) is 3.50. The van der Waals surface area contributed by atoms with E-state index >= 15 is 0 Å². The molecule has 0 aliphatic heterocycles. The molecule has 2 aromatic carbocycles. The summed E-state index contributed by atoms with van der Waals surface area (Å²) in [5, 5.41) is 10.8. The first kappa shape index (κ1) is 16.9. The first-order chi connectivity index (χ1) is 12.9. The van der Waals surface area contributed by atoms with Crippen LogP contribution in [0.15, 0.2) is 64.3 Å². The van der Waals surface area contributed by atoms with Gasteiger partial charge in [-0.05, 0) is 24.6 Å². The summed E-state index contributed by atoms with van der Waals surface area (Å²) >= 11 is 0. The van der Waals surface area contributed by atoms with Crippen LogP contribution in [0, 0.1) is 6.92 Å². The predicted octanol–water partition coefficient (Wildman–Crippen LogP) is 2.71. The number of phenolic OH excluding ortho intramolecular Hbond substituents is 1. The van der Waals surface area contributed by atoms with Crippen molar-refractivity contribution in [1.29, 1.82) is 0 Å². The normalized spacial score (nSPS) is 11.2. The van der Waals surface area contributed by atoms with Crippen molar-refractivity contribution in [1.82, 2.24) is 13.7 Å². The van der Waals surface area contributed by atoms with Crippen molar-refractivity contribution in [3.05, 3.63) is 81.1 Å². The quantitative estimate of drug-likeness (QED) is 0.597. The topological polar surface area (TPSA) is 69.2 Å². The number of fused-ring (bicyclic) bond motifs is 1. The van der Waals surface area contributed by atoms with Crippen LogP contribution < -0.4 is 11.2 Å². The van der Waals surface area contributed by atoms with E-state index in [1.807, 2.05) is 37.3 Å². The van der Waals surface area contributed by atoms with E-state index in [9.17, 15) is 14.7 Å². The summed E-state index contributed by atoms with van der Waals surface area (Å²) in [5.41, 5.74) is 2.82. The van der Waals surface area contributed by atoms with Gasteiger partial charge in [0.1, 0.15) is 5.75 Å². The third-order valence-corrected chi connectivity index (χ3v) is 4.98. The average molecular weight is 361 g/mol. The van der Waals surface area contributed by atoms with Gasteiger partial charge in [0.05, 0.1) is 22.3 Å². The number of aromatic hydroxyl groups is 1. The van der Waals surface area contributed by atoms with Crippen molar-refractivity contribution < 1.29 is 5.11 Å². The Kier molecular flexibility index (Phi) is 3.77. The van der Waals surface area contributed by atoms with Crippen LogP contribution in [0.2, 0.25) is 0 Å². The number of rotatable bonds is 2. The Labute approximate surface area is 155 Å². The van der Waals surface area contributed by atoms with Crippen LogP contribution in [0.5, 0.6) is 5.75 Å². The maximum atomic E-state index is 13.0. The highest BCUT2D eigenvalue weighted by Gasteiger charge is 2.22. The molecule has 0 saturated carbocycles. The Morgan fingerprint density at radius 1 is 0.889 bits per heavy atom. The number of para-hydroxylation sites is 2. The molecule has 27 heavy (non-hydrogen) atoms. The maximum Gasteiger partial charge on any atom is 0.330 e. The third-order valence-electron chi connectivity index (χ3n) is 4.98. The molecule has 0 aliphatic rings. The van der Waals surface area contributed by atoms with Crippen molar-refractivity contribution in [2.45, 2.75) is 6.92 Å². The van der Waals surface area contributed by atoms with Crippen LogP contribution in [0.25, 0.3) is 27.8 Å². The molecule has 0 aliphatic carbocycles. The van der Waals surface area contributed by atoms with Crippen LogP contribution in [-0.4, -0.2) is 18.8 Å². The highest BCUT2D eigenvalue weighted by atomic mass is 16.3. The van der Waals surface area contributed by atoms with Gasteiger partial charge in [0.25, 0.3) is 5.56 Å². The molecule has 1 N–H and O–H groups in total. The summed E-state index contributed by atoms with van der Waals surface area (Å²) in [7, 11) is 3.12. The van der Waals surface area contributed by atoms with Crippen molar-refractivity contribution in [3.63, 3.8) is 0 Å². The number of benzene rings is 2. The minimum absolute atomic E-state index is 0.0921. The molecule has 2 aromatic heterocycles.